The highest BCUT2D eigenvalue weighted by atomic mass is 19.1. The molecule has 2 aromatic carbocycles. The van der Waals surface area contributed by atoms with E-state index in [4.69, 9.17) is 10.00 Å². The standard InChI is InChI=1S/C18H12FNO3/c1-22-18(21)13-8-15-14(6-7-23-17(15)16(19)9-13)12-4-2-11(10-20)3-5-12/h2-6,8-9H,7H2,1H3. The van der Waals surface area contributed by atoms with E-state index < -0.39 is 11.8 Å². The molecule has 0 atom stereocenters. The number of benzene rings is 2. The van der Waals surface area contributed by atoms with E-state index in [1.165, 1.54) is 7.11 Å². The van der Waals surface area contributed by atoms with Crippen LogP contribution in [0.15, 0.2) is 42.5 Å². The van der Waals surface area contributed by atoms with Gasteiger partial charge in [0.15, 0.2) is 11.6 Å². The van der Waals surface area contributed by atoms with E-state index in [1.807, 2.05) is 6.08 Å². The molecule has 1 aliphatic heterocycles. The van der Waals surface area contributed by atoms with Gasteiger partial charge in [-0.25, -0.2) is 9.18 Å². The number of hydrogen-bond donors (Lipinski definition) is 0. The van der Waals surface area contributed by atoms with Crippen molar-refractivity contribution < 1.29 is 18.7 Å². The molecule has 1 aliphatic rings. The number of esters is 1. The minimum atomic E-state index is -0.614. The molecule has 0 saturated heterocycles. The first-order valence-corrected chi connectivity index (χ1v) is 6.89. The highest BCUT2D eigenvalue weighted by molar-refractivity contribution is 5.93. The van der Waals surface area contributed by atoms with Crippen molar-refractivity contribution in [1.29, 1.82) is 5.26 Å². The summed E-state index contributed by atoms with van der Waals surface area (Å²) in [6, 6.07) is 11.6. The predicted octanol–water partition coefficient (Wildman–Crippen LogP) is 3.31. The van der Waals surface area contributed by atoms with Gasteiger partial charge in [0.25, 0.3) is 0 Å². The first-order valence-electron chi connectivity index (χ1n) is 6.89. The first kappa shape index (κ1) is 14.8. The highest BCUT2D eigenvalue weighted by Gasteiger charge is 2.22. The number of nitrogens with zero attached hydrogens (tertiary/aromatic N) is 1. The number of methoxy groups -OCH3 is 1. The Kier molecular flexibility index (Phi) is 3.82. The van der Waals surface area contributed by atoms with Gasteiger partial charge in [-0.05, 0) is 41.5 Å². The van der Waals surface area contributed by atoms with Crippen LogP contribution in [0.1, 0.15) is 27.0 Å². The molecule has 0 aromatic heterocycles. The zero-order chi connectivity index (χ0) is 16.4. The number of halogens is 1. The SMILES string of the molecule is COC(=O)c1cc(F)c2c(c1)C(c1ccc(C#N)cc1)=CCO2. The third kappa shape index (κ3) is 2.67. The Labute approximate surface area is 132 Å². The molecular weight excluding hydrogens is 297 g/mol. The van der Waals surface area contributed by atoms with Gasteiger partial charge in [-0.2, -0.15) is 5.26 Å². The van der Waals surface area contributed by atoms with Crippen molar-refractivity contribution in [3.8, 4) is 11.8 Å². The summed E-state index contributed by atoms with van der Waals surface area (Å²) in [5.41, 5.74) is 2.71. The largest absolute Gasteiger partial charge is 0.486 e. The lowest BCUT2D eigenvalue weighted by Gasteiger charge is -2.20. The van der Waals surface area contributed by atoms with Crippen LogP contribution in [0.2, 0.25) is 0 Å². The van der Waals surface area contributed by atoms with Gasteiger partial charge >= 0.3 is 5.97 Å². The predicted molar refractivity (Wildman–Crippen MR) is 81.5 cm³/mol. The summed E-state index contributed by atoms with van der Waals surface area (Å²) in [6.07, 6.45) is 1.81. The van der Waals surface area contributed by atoms with Gasteiger partial charge in [-0.15, -0.1) is 0 Å². The van der Waals surface area contributed by atoms with E-state index in [2.05, 4.69) is 10.8 Å². The van der Waals surface area contributed by atoms with Crippen LogP contribution < -0.4 is 4.74 Å². The molecule has 4 nitrogen and oxygen atoms in total. The molecule has 23 heavy (non-hydrogen) atoms. The Balaban J connectivity index is 2.12. The maximum absolute atomic E-state index is 14.2. The van der Waals surface area contributed by atoms with Crippen molar-refractivity contribution >= 4 is 11.5 Å². The molecule has 2 aromatic rings. The molecule has 0 fully saturated rings. The first-order chi connectivity index (χ1) is 11.1. The van der Waals surface area contributed by atoms with Crippen LogP contribution in [-0.2, 0) is 4.74 Å². The van der Waals surface area contributed by atoms with E-state index in [9.17, 15) is 9.18 Å². The van der Waals surface area contributed by atoms with E-state index in [0.717, 1.165) is 17.2 Å². The normalized spacial score (nSPS) is 12.5. The van der Waals surface area contributed by atoms with Crippen LogP contribution >= 0.6 is 0 Å². The Morgan fingerprint density at radius 3 is 2.70 bits per heavy atom. The van der Waals surface area contributed by atoms with Crippen LogP contribution in [0.25, 0.3) is 5.57 Å². The summed E-state index contributed by atoms with van der Waals surface area (Å²) in [5, 5.41) is 8.87. The van der Waals surface area contributed by atoms with Crippen molar-refractivity contribution in [3.63, 3.8) is 0 Å². The van der Waals surface area contributed by atoms with E-state index in [-0.39, 0.29) is 17.9 Å². The summed E-state index contributed by atoms with van der Waals surface area (Å²) in [4.78, 5) is 11.7. The fourth-order valence-electron chi connectivity index (χ4n) is 2.49. The Bertz CT molecular complexity index is 848. The molecule has 0 aliphatic carbocycles. The zero-order valence-electron chi connectivity index (χ0n) is 12.3. The third-order valence-corrected chi connectivity index (χ3v) is 3.60. The summed E-state index contributed by atoms with van der Waals surface area (Å²) in [5.74, 6) is -1.11. The summed E-state index contributed by atoms with van der Waals surface area (Å²) < 4.78 is 24.2. The van der Waals surface area contributed by atoms with Gasteiger partial charge < -0.3 is 9.47 Å². The lowest BCUT2D eigenvalue weighted by Crippen LogP contribution is -2.10. The highest BCUT2D eigenvalue weighted by Crippen LogP contribution is 2.37. The second-order valence-corrected chi connectivity index (χ2v) is 4.94. The van der Waals surface area contributed by atoms with Gasteiger partial charge in [0, 0.05) is 5.56 Å². The fourth-order valence-corrected chi connectivity index (χ4v) is 2.49. The van der Waals surface area contributed by atoms with Crippen LogP contribution in [0, 0.1) is 17.1 Å². The van der Waals surface area contributed by atoms with Crippen molar-refractivity contribution in [2.24, 2.45) is 0 Å². The third-order valence-electron chi connectivity index (χ3n) is 3.60. The van der Waals surface area contributed by atoms with Crippen LogP contribution in [-0.4, -0.2) is 19.7 Å². The van der Waals surface area contributed by atoms with Crippen molar-refractivity contribution in [2.45, 2.75) is 0 Å². The molecule has 114 valence electrons. The summed E-state index contributed by atoms with van der Waals surface area (Å²) in [7, 11) is 1.24. The average molecular weight is 309 g/mol. The molecule has 5 heteroatoms. The van der Waals surface area contributed by atoms with Gasteiger partial charge in [-0.3, -0.25) is 0 Å². The second kappa shape index (κ2) is 5.93. The molecule has 0 unspecified atom stereocenters. The quantitative estimate of drug-likeness (QED) is 0.799. The molecule has 0 radical (unpaired) electrons. The minimum Gasteiger partial charge on any atom is -0.486 e. The van der Waals surface area contributed by atoms with Gasteiger partial charge in [0.1, 0.15) is 6.61 Å². The van der Waals surface area contributed by atoms with Crippen LogP contribution in [0.3, 0.4) is 0 Å². The van der Waals surface area contributed by atoms with Crippen molar-refractivity contribution in [1.82, 2.24) is 0 Å². The number of ether oxygens (including phenoxy) is 2. The molecule has 0 N–H and O–H groups in total. The van der Waals surface area contributed by atoms with Gasteiger partial charge in [0.2, 0.25) is 0 Å². The second-order valence-electron chi connectivity index (χ2n) is 4.94. The maximum atomic E-state index is 14.2. The maximum Gasteiger partial charge on any atom is 0.337 e. The van der Waals surface area contributed by atoms with E-state index in [1.54, 1.807) is 30.3 Å². The van der Waals surface area contributed by atoms with Crippen molar-refractivity contribution in [2.75, 3.05) is 13.7 Å². The molecule has 3 rings (SSSR count). The average Bonchev–Trinajstić information content (AvgIpc) is 2.60. The van der Waals surface area contributed by atoms with Gasteiger partial charge in [0.05, 0.1) is 24.3 Å². The lowest BCUT2D eigenvalue weighted by atomic mass is 9.93. The smallest absolute Gasteiger partial charge is 0.337 e. The minimum absolute atomic E-state index is 0.111. The summed E-state index contributed by atoms with van der Waals surface area (Å²) >= 11 is 0. The lowest BCUT2D eigenvalue weighted by molar-refractivity contribution is 0.0600. The number of carbonyl (C=O) groups excluding carboxylic acids is 1. The van der Waals surface area contributed by atoms with E-state index in [0.29, 0.717) is 11.1 Å². The molecule has 0 bridgehead atoms. The van der Waals surface area contributed by atoms with Gasteiger partial charge in [-0.1, -0.05) is 12.1 Å². The monoisotopic (exact) mass is 309 g/mol. The fraction of sp³-hybridized carbons (Fsp3) is 0.111. The van der Waals surface area contributed by atoms with Crippen LogP contribution in [0.4, 0.5) is 4.39 Å². The molecule has 0 spiro atoms. The Morgan fingerprint density at radius 2 is 2.04 bits per heavy atom. The van der Waals surface area contributed by atoms with Crippen LogP contribution in [0.5, 0.6) is 5.75 Å². The molecular formula is C18H12FNO3. The molecule has 0 saturated carbocycles. The topological polar surface area (TPSA) is 59.3 Å². The van der Waals surface area contributed by atoms with Crippen molar-refractivity contribution in [3.05, 3.63) is 70.5 Å². The molecule has 1 heterocycles. The zero-order valence-corrected chi connectivity index (χ0v) is 12.3. The number of nitriles is 1. The number of fused-ring (bicyclic) bond motifs is 1. The van der Waals surface area contributed by atoms with E-state index >= 15 is 0 Å². The number of hydrogen-bond acceptors (Lipinski definition) is 4. The number of rotatable bonds is 2. The Hall–Kier alpha value is -3.13. The molecule has 0 amide bonds. The number of carbonyl (C=O) groups is 1. The summed E-state index contributed by atoms with van der Waals surface area (Å²) in [6.45, 7) is 0.233. The Morgan fingerprint density at radius 1 is 1.30 bits per heavy atom.